The first kappa shape index (κ1) is 24.3. The number of benzene rings is 2. The summed E-state index contributed by atoms with van der Waals surface area (Å²) < 4.78 is 45.1. The number of para-hydroxylation sites is 2. The molecule has 0 bridgehead atoms. The smallest absolute Gasteiger partial charge is 0.405 e. The number of fused-ring (bicyclic) bond motifs is 1. The Hall–Kier alpha value is -4.08. The fourth-order valence-electron chi connectivity index (χ4n) is 5.44. The summed E-state index contributed by atoms with van der Waals surface area (Å²) in [5.74, 6) is -0.427. The molecular formula is C28H26F3N5O2. The summed E-state index contributed by atoms with van der Waals surface area (Å²) in [5, 5.41) is 0. The molecule has 0 aliphatic carbocycles. The van der Waals surface area contributed by atoms with Crippen molar-refractivity contribution in [3.8, 4) is 17.1 Å². The molecule has 0 spiro atoms. The first-order chi connectivity index (χ1) is 18.4. The van der Waals surface area contributed by atoms with Gasteiger partial charge in [0.15, 0.2) is 0 Å². The third kappa shape index (κ3) is 4.78. The highest BCUT2D eigenvalue weighted by molar-refractivity contribution is 6.00. The maximum Gasteiger partial charge on any atom is 0.573 e. The van der Waals surface area contributed by atoms with E-state index in [4.69, 9.17) is 4.98 Å². The minimum atomic E-state index is -4.94. The average Bonchev–Trinajstić information content (AvgIpc) is 3.68. The minimum absolute atomic E-state index is 0.0679. The number of halogens is 3. The van der Waals surface area contributed by atoms with Gasteiger partial charge in [-0.15, -0.1) is 13.2 Å². The molecule has 7 nitrogen and oxygen atoms in total. The Balaban J connectivity index is 1.43. The number of anilines is 1. The zero-order valence-corrected chi connectivity index (χ0v) is 20.5. The number of likely N-dealkylation sites (tertiary alicyclic amines) is 1. The van der Waals surface area contributed by atoms with E-state index in [1.54, 1.807) is 17.3 Å². The summed E-state index contributed by atoms with van der Waals surface area (Å²) in [4.78, 5) is 29.5. The highest BCUT2D eigenvalue weighted by atomic mass is 19.4. The van der Waals surface area contributed by atoms with E-state index in [1.165, 1.54) is 12.1 Å². The van der Waals surface area contributed by atoms with Gasteiger partial charge in [0.2, 0.25) is 0 Å². The van der Waals surface area contributed by atoms with Crippen LogP contribution in [-0.2, 0) is 0 Å². The summed E-state index contributed by atoms with van der Waals surface area (Å²) >= 11 is 0. The van der Waals surface area contributed by atoms with Crippen molar-refractivity contribution < 1.29 is 22.7 Å². The number of alkyl halides is 3. The topological polar surface area (TPSA) is 74.3 Å². The fourth-order valence-corrected chi connectivity index (χ4v) is 5.44. The van der Waals surface area contributed by atoms with Crippen LogP contribution in [0.4, 0.5) is 18.9 Å². The fraction of sp³-hybridized carbons (Fsp3) is 0.321. The average molecular weight is 522 g/mol. The molecule has 4 aromatic rings. The lowest BCUT2D eigenvalue weighted by Gasteiger charge is -2.25. The number of hydrogen-bond acceptors (Lipinski definition) is 5. The third-order valence-electron chi connectivity index (χ3n) is 7.28. The van der Waals surface area contributed by atoms with E-state index in [2.05, 4.69) is 14.7 Å². The number of aromatic amines is 1. The molecule has 6 rings (SSSR count). The number of H-pyrrole nitrogens is 1. The third-order valence-corrected chi connectivity index (χ3v) is 7.28. The molecule has 38 heavy (non-hydrogen) atoms. The van der Waals surface area contributed by atoms with Gasteiger partial charge in [0.25, 0.3) is 5.91 Å². The van der Waals surface area contributed by atoms with Crippen LogP contribution in [0.5, 0.6) is 5.75 Å². The van der Waals surface area contributed by atoms with Gasteiger partial charge in [-0.3, -0.25) is 9.78 Å². The lowest BCUT2D eigenvalue weighted by Crippen LogP contribution is -2.30. The number of ether oxygens (including phenoxy) is 1. The Bertz CT molecular complexity index is 1430. The Kier molecular flexibility index (Phi) is 6.17. The molecule has 2 aliphatic rings. The van der Waals surface area contributed by atoms with E-state index in [1.807, 2.05) is 41.3 Å². The minimum Gasteiger partial charge on any atom is -0.405 e. The van der Waals surface area contributed by atoms with Gasteiger partial charge >= 0.3 is 6.36 Å². The molecule has 10 heteroatoms. The van der Waals surface area contributed by atoms with Crippen molar-refractivity contribution in [1.82, 2.24) is 19.9 Å². The van der Waals surface area contributed by atoms with E-state index < -0.39 is 18.0 Å². The molecule has 2 fully saturated rings. The van der Waals surface area contributed by atoms with Crippen LogP contribution in [0.25, 0.3) is 22.4 Å². The number of nitrogens with zero attached hydrogens (tertiary/aromatic N) is 4. The molecular weight excluding hydrogens is 495 g/mol. The van der Waals surface area contributed by atoms with Crippen molar-refractivity contribution in [3.63, 3.8) is 0 Å². The van der Waals surface area contributed by atoms with Crippen molar-refractivity contribution in [2.45, 2.75) is 31.5 Å². The van der Waals surface area contributed by atoms with E-state index in [-0.39, 0.29) is 11.5 Å². The number of hydrogen-bond donors (Lipinski definition) is 1. The predicted octanol–water partition coefficient (Wildman–Crippen LogP) is 5.75. The lowest BCUT2D eigenvalue weighted by molar-refractivity contribution is -0.274. The van der Waals surface area contributed by atoms with Crippen LogP contribution in [-0.4, -0.2) is 58.3 Å². The second kappa shape index (κ2) is 9.66. The highest BCUT2D eigenvalue weighted by Gasteiger charge is 2.36. The number of aromatic nitrogens is 3. The van der Waals surface area contributed by atoms with E-state index in [9.17, 15) is 18.0 Å². The van der Waals surface area contributed by atoms with Crippen LogP contribution in [0.3, 0.4) is 0 Å². The van der Waals surface area contributed by atoms with Crippen LogP contribution < -0.4 is 9.64 Å². The first-order valence-electron chi connectivity index (χ1n) is 12.7. The summed E-state index contributed by atoms with van der Waals surface area (Å²) in [6.07, 6.45) is 1.07. The quantitative estimate of drug-likeness (QED) is 0.362. The molecule has 0 saturated carbocycles. The number of carbonyl (C=O) groups excluding carboxylic acids is 1. The Morgan fingerprint density at radius 1 is 1.05 bits per heavy atom. The molecule has 4 heterocycles. The van der Waals surface area contributed by atoms with Crippen molar-refractivity contribution in [1.29, 1.82) is 0 Å². The number of pyridine rings is 1. The van der Waals surface area contributed by atoms with Crippen LogP contribution >= 0.6 is 0 Å². The lowest BCUT2D eigenvalue weighted by atomic mass is 10.0. The molecule has 2 saturated heterocycles. The van der Waals surface area contributed by atoms with E-state index >= 15 is 0 Å². The number of imidazole rings is 1. The molecule has 0 radical (unpaired) electrons. The second-order valence-corrected chi connectivity index (χ2v) is 9.73. The molecule has 1 unspecified atom stereocenters. The Labute approximate surface area is 217 Å². The molecule has 196 valence electrons. The zero-order chi connectivity index (χ0) is 26.3. The van der Waals surface area contributed by atoms with E-state index in [0.717, 1.165) is 29.4 Å². The zero-order valence-electron chi connectivity index (χ0n) is 20.5. The summed E-state index contributed by atoms with van der Waals surface area (Å²) in [6.45, 7) is 2.22. The number of carbonyl (C=O) groups is 1. The van der Waals surface area contributed by atoms with Gasteiger partial charge in [0.05, 0.1) is 22.3 Å². The maximum absolute atomic E-state index is 13.7. The predicted molar refractivity (Wildman–Crippen MR) is 137 cm³/mol. The molecule has 2 aromatic carbocycles. The largest absolute Gasteiger partial charge is 0.573 e. The molecule has 2 aromatic heterocycles. The van der Waals surface area contributed by atoms with Crippen LogP contribution in [0.15, 0.2) is 60.9 Å². The maximum atomic E-state index is 13.7. The monoisotopic (exact) mass is 521 g/mol. The second-order valence-electron chi connectivity index (χ2n) is 9.73. The van der Waals surface area contributed by atoms with Crippen molar-refractivity contribution in [2.75, 3.05) is 31.1 Å². The Morgan fingerprint density at radius 3 is 2.61 bits per heavy atom. The number of nitrogens with one attached hydrogen (secondary N) is 1. The van der Waals surface area contributed by atoms with Gasteiger partial charge < -0.3 is 19.5 Å². The van der Waals surface area contributed by atoms with Crippen LogP contribution in [0, 0.1) is 0 Å². The summed E-state index contributed by atoms with van der Waals surface area (Å²) in [6, 6.07) is 14.1. The van der Waals surface area contributed by atoms with Gasteiger partial charge in [-0.05, 0) is 49.1 Å². The van der Waals surface area contributed by atoms with Gasteiger partial charge in [0.1, 0.15) is 11.6 Å². The summed E-state index contributed by atoms with van der Waals surface area (Å²) in [5.41, 5.74) is 3.54. The van der Waals surface area contributed by atoms with Gasteiger partial charge in [-0.25, -0.2) is 4.98 Å². The SMILES string of the molecule is O=C(c1cc(-c2nc3ccccc3[nH]2)c(N2CCCC2)cc1OC(F)(F)F)N1CCC(c2cccnc2)C1. The van der Waals surface area contributed by atoms with Crippen LogP contribution in [0.2, 0.25) is 0 Å². The van der Waals surface area contributed by atoms with Crippen LogP contribution in [0.1, 0.15) is 41.1 Å². The standard InChI is InChI=1S/C28H26F3N5O2/c29-28(30,31)38-25-15-24(35-11-3-4-12-35)20(26-33-22-7-1-2-8-23(22)34-26)14-21(25)27(37)36-13-9-19(17-36)18-6-5-10-32-16-18/h1-2,5-8,10,14-16,19H,3-4,9,11-13,17H2,(H,33,34). The number of rotatable bonds is 5. The first-order valence-corrected chi connectivity index (χ1v) is 12.7. The normalized spacial score (nSPS) is 17.9. The van der Waals surface area contributed by atoms with Gasteiger partial charge in [-0.1, -0.05) is 18.2 Å². The van der Waals surface area contributed by atoms with Gasteiger partial charge in [-0.2, -0.15) is 0 Å². The molecule has 1 atom stereocenters. The molecule has 1 N–H and O–H groups in total. The molecule has 2 aliphatic heterocycles. The highest BCUT2D eigenvalue weighted by Crippen LogP contribution is 2.41. The Morgan fingerprint density at radius 2 is 1.87 bits per heavy atom. The van der Waals surface area contributed by atoms with Crippen molar-refractivity contribution >= 4 is 22.6 Å². The van der Waals surface area contributed by atoms with E-state index in [0.29, 0.717) is 49.7 Å². The van der Waals surface area contributed by atoms with Gasteiger partial charge in [0, 0.05) is 56.1 Å². The van der Waals surface area contributed by atoms with Crippen molar-refractivity contribution in [3.05, 3.63) is 72.1 Å². The van der Waals surface area contributed by atoms with Crippen molar-refractivity contribution in [2.24, 2.45) is 0 Å². The summed E-state index contributed by atoms with van der Waals surface area (Å²) in [7, 11) is 0. The number of amides is 1. The molecule has 1 amide bonds.